The third kappa shape index (κ3) is 17.6. The molecule has 0 aliphatic heterocycles. The molecule has 0 radical (unpaired) electrons. The van der Waals surface area contributed by atoms with Gasteiger partial charge in [-0.2, -0.15) is 0 Å². The molecule has 1 heteroatoms. The largest absolute Gasteiger partial charge is 0.396 e. The first-order valence-electron chi connectivity index (χ1n) is 3.59. The van der Waals surface area contributed by atoms with Crippen molar-refractivity contribution in [3.8, 4) is 0 Å². The van der Waals surface area contributed by atoms with Crippen LogP contribution in [-0.2, 0) is 0 Å². The van der Waals surface area contributed by atoms with E-state index in [2.05, 4.69) is 19.7 Å². The maximum Gasteiger partial charge on any atom is 0.0491 e. The molecule has 0 amide bonds. The van der Waals surface area contributed by atoms with E-state index in [9.17, 15) is 0 Å². The van der Waals surface area contributed by atoms with Gasteiger partial charge in [0.15, 0.2) is 0 Å². The second kappa shape index (κ2) is 9.18. The van der Waals surface area contributed by atoms with Crippen LogP contribution in [0, 0.1) is 5.92 Å². The van der Waals surface area contributed by atoms with E-state index < -0.39 is 0 Å². The van der Waals surface area contributed by atoms with Crippen LogP contribution in [0.5, 0.6) is 0 Å². The first-order valence-corrected chi connectivity index (χ1v) is 3.59. The fourth-order valence-corrected chi connectivity index (χ4v) is 0.0745. The van der Waals surface area contributed by atoms with Gasteiger partial charge in [-0.15, -0.1) is 6.58 Å². The SMILES string of the molecule is C=CC(=C)C.C=CC(C)CO. The van der Waals surface area contributed by atoms with Gasteiger partial charge in [0.2, 0.25) is 0 Å². The van der Waals surface area contributed by atoms with Crippen molar-refractivity contribution in [2.24, 2.45) is 5.92 Å². The molecule has 0 aliphatic rings. The normalized spacial score (nSPS) is 10.5. The molecular weight excluding hydrogens is 136 g/mol. The summed E-state index contributed by atoms with van der Waals surface area (Å²) in [5, 5.41) is 8.26. The molecule has 0 rings (SSSR count). The van der Waals surface area contributed by atoms with Crippen LogP contribution in [0.2, 0.25) is 0 Å². The molecule has 0 saturated carbocycles. The highest BCUT2D eigenvalue weighted by molar-refractivity contribution is 5.05. The van der Waals surface area contributed by atoms with Crippen molar-refractivity contribution in [2.75, 3.05) is 6.61 Å². The minimum atomic E-state index is 0.212. The van der Waals surface area contributed by atoms with Gasteiger partial charge >= 0.3 is 0 Å². The lowest BCUT2D eigenvalue weighted by Crippen LogP contribution is -1.93. The highest BCUT2D eigenvalue weighted by Gasteiger charge is 1.85. The molecule has 1 atom stereocenters. The number of hydrogen-bond donors (Lipinski definition) is 1. The van der Waals surface area contributed by atoms with Crippen LogP contribution >= 0.6 is 0 Å². The zero-order valence-corrected chi connectivity index (χ0v) is 7.51. The van der Waals surface area contributed by atoms with Crippen LogP contribution in [0.15, 0.2) is 37.5 Å². The Morgan fingerprint density at radius 2 is 1.91 bits per heavy atom. The van der Waals surface area contributed by atoms with Gasteiger partial charge in [0, 0.05) is 6.61 Å². The van der Waals surface area contributed by atoms with Crippen LogP contribution in [0.3, 0.4) is 0 Å². The lowest BCUT2D eigenvalue weighted by Gasteiger charge is -1.93. The molecule has 0 saturated heterocycles. The molecule has 1 unspecified atom stereocenters. The van der Waals surface area contributed by atoms with Crippen molar-refractivity contribution in [3.05, 3.63) is 37.5 Å². The Labute approximate surface area is 69.8 Å². The van der Waals surface area contributed by atoms with E-state index in [0.29, 0.717) is 0 Å². The van der Waals surface area contributed by atoms with Gasteiger partial charge in [-0.05, 0) is 12.8 Å². The lowest BCUT2D eigenvalue weighted by atomic mass is 10.2. The van der Waals surface area contributed by atoms with Gasteiger partial charge in [-0.1, -0.05) is 37.8 Å². The first kappa shape index (κ1) is 12.8. The first-order chi connectivity index (χ1) is 5.08. The smallest absolute Gasteiger partial charge is 0.0491 e. The minimum absolute atomic E-state index is 0.212. The summed E-state index contributed by atoms with van der Waals surface area (Å²) in [7, 11) is 0. The van der Waals surface area contributed by atoms with Gasteiger partial charge in [0.25, 0.3) is 0 Å². The molecule has 0 aliphatic carbocycles. The Morgan fingerprint density at radius 3 is 1.91 bits per heavy atom. The summed E-state index contributed by atoms with van der Waals surface area (Å²) in [5.74, 6) is 0.255. The minimum Gasteiger partial charge on any atom is -0.396 e. The molecule has 0 bridgehead atoms. The number of aliphatic hydroxyl groups is 1. The quantitative estimate of drug-likeness (QED) is 0.489. The van der Waals surface area contributed by atoms with Gasteiger partial charge < -0.3 is 5.11 Å². The van der Waals surface area contributed by atoms with Crippen molar-refractivity contribution in [3.63, 3.8) is 0 Å². The number of rotatable bonds is 3. The molecule has 0 spiro atoms. The molecule has 64 valence electrons. The average Bonchev–Trinajstić information content (AvgIpc) is 2.04. The summed E-state index contributed by atoms with van der Waals surface area (Å²) in [5.41, 5.74) is 1.02. The maximum absolute atomic E-state index is 8.26. The summed E-state index contributed by atoms with van der Waals surface area (Å²) < 4.78 is 0. The lowest BCUT2D eigenvalue weighted by molar-refractivity contribution is 0.262. The Kier molecular flexibility index (Phi) is 10.7. The monoisotopic (exact) mass is 154 g/mol. The van der Waals surface area contributed by atoms with Crippen molar-refractivity contribution < 1.29 is 5.11 Å². The fourth-order valence-electron chi connectivity index (χ4n) is 0.0745. The van der Waals surface area contributed by atoms with Crippen LogP contribution in [0.25, 0.3) is 0 Å². The molecule has 11 heavy (non-hydrogen) atoms. The summed E-state index contributed by atoms with van der Waals surface area (Å²) in [6.45, 7) is 14.5. The van der Waals surface area contributed by atoms with Crippen molar-refractivity contribution in [2.45, 2.75) is 13.8 Å². The topological polar surface area (TPSA) is 20.2 Å². The third-order valence-electron chi connectivity index (χ3n) is 1.04. The van der Waals surface area contributed by atoms with Gasteiger partial charge in [0.05, 0.1) is 0 Å². The zero-order chi connectivity index (χ0) is 9.28. The maximum atomic E-state index is 8.26. The third-order valence-corrected chi connectivity index (χ3v) is 1.04. The highest BCUT2D eigenvalue weighted by Crippen LogP contribution is 1.89. The highest BCUT2D eigenvalue weighted by atomic mass is 16.3. The van der Waals surface area contributed by atoms with Crippen molar-refractivity contribution >= 4 is 0 Å². The Balaban J connectivity index is 0. The van der Waals surface area contributed by atoms with E-state index in [4.69, 9.17) is 5.11 Å². The van der Waals surface area contributed by atoms with Crippen LogP contribution < -0.4 is 0 Å². The van der Waals surface area contributed by atoms with E-state index >= 15 is 0 Å². The van der Waals surface area contributed by atoms with Crippen molar-refractivity contribution in [1.82, 2.24) is 0 Å². The summed E-state index contributed by atoms with van der Waals surface area (Å²) in [6.07, 6.45) is 3.44. The van der Waals surface area contributed by atoms with E-state index in [0.717, 1.165) is 5.57 Å². The predicted molar refractivity (Wildman–Crippen MR) is 51.5 cm³/mol. The molecule has 0 fully saturated rings. The van der Waals surface area contributed by atoms with Crippen molar-refractivity contribution in [1.29, 1.82) is 0 Å². The predicted octanol–water partition coefficient (Wildman–Crippen LogP) is 2.55. The second-order valence-electron chi connectivity index (χ2n) is 2.45. The Bertz CT molecular complexity index is 125. The van der Waals surface area contributed by atoms with Gasteiger partial charge in [-0.3, -0.25) is 0 Å². The molecule has 0 heterocycles. The molecule has 1 N–H and O–H groups in total. The summed E-state index contributed by atoms with van der Waals surface area (Å²) in [6, 6.07) is 0. The average molecular weight is 154 g/mol. The van der Waals surface area contributed by atoms with Gasteiger partial charge in [0.1, 0.15) is 0 Å². The van der Waals surface area contributed by atoms with E-state index in [1.165, 1.54) is 0 Å². The second-order valence-corrected chi connectivity index (χ2v) is 2.45. The van der Waals surface area contributed by atoms with Crippen LogP contribution in [0.4, 0.5) is 0 Å². The molecule has 0 aromatic rings. The van der Waals surface area contributed by atoms with Gasteiger partial charge in [-0.25, -0.2) is 0 Å². The standard InChI is InChI=1S/C5H10O.C5H8/c1-3-5(2)4-6;1-4-5(2)3/h3,5-6H,1,4H2,2H3;4H,1-2H2,3H3. The summed E-state index contributed by atoms with van der Waals surface area (Å²) in [4.78, 5) is 0. The van der Waals surface area contributed by atoms with E-state index in [1.807, 2.05) is 13.8 Å². The number of hydrogen-bond acceptors (Lipinski definition) is 1. The Hall–Kier alpha value is -0.820. The van der Waals surface area contributed by atoms with Crippen LogP contribution in [0.1, 0.15) is 13.8 Å². The van der Waals surface area contributed by atoms with E-state index in [-0.39, 0.29) is 12.5 Å². The Morgan fingerprint density at radius 1 is 1.55 bits per heavy atom. The zero-order valence-electron chi connectivity index (χ0n) is 7.51. The van der Waals surface area contributed by atoms with Crippen LogP contribution in [-0.4, -0.2) is 11.7 Å². The molecule has 1 nitrogen and oxygen atoms in total. The fraction of sp³-hybridized carbons (Fsp3) is 0.400. The van der Waals surface area contributed by atoms with E-state index in [1.54, 1.807) is 12.2 Å². The number of allylic oxidation sites excluding steroid dienone is 2. The molecular formula is C10H18O. The molecule has 0 aromatic heterocycles. The summed E-state index contributed by atoms with van der Waals surface area (Å²) >= 11 is 0. The molecule has 0 aromatic carbocycles. The number of aliphatic hydroxyl groups excluding tert-OH is 1.